The van der Waals surface area contributed by atoms with Crippen LogP contribution < -0.4 is 31.8 Å². The van der Waals surface area contributed by atoms with Gasteiger partial charge in [-0.05, 0) is 86.4 Å². The van der Waals surface area contributed by atoms with Gasteiger partial charge in [-0.15, -0.1) is 0 Å². The molecule has 0 heterocycles. The molecule has 0 amide bonds. The highest BCUT2D eigenvalue weighted by atomic mass is 31.1. The van der Waals surface area contributed by atoms with Gasteiger partial charge in [0, 0.05) is 0 Å². The first-order valence-corrected chi connectivity index (χ1v) is 20.0. The van der Waals surface area contributed by atoms with E-state index in [9.17, 15) is 0 Å². The summed E-state index contributed by atoms with van der Waals surface area (Å²) in [6.07, 6.45) is 4.80. The molecule has 44 heavy (non-hydrogen) atoms. The third-order valence-electron chi connectivity index (χ3n) is 8.08. The molecule has 0 unspecified atom stereocenters. The molecule has 0 saturated carbocycles. The normalized spacial score (nSPS) is 11.5. The first-order valence-electron chi connectivity index (χ1n) is 15.5. The van der Waals surface area contributed by atoms with Gasteiger partial charge in [-0.3, -0.25) is 0 Å². The Bertz CT molecular complexity index is 1440. The van der Waals surface area contributed by atoms with Crippen LogP contribution in [0.25, 0.3) is 0 Å². The molecule has 0 aliphatic carbocycles. The molecule has 0 radical (unpaired) electrons. The predicted molar refractivity (Wildman–Crippen MR) is 200 cm³/mol. The summed E-state index contributed by atoms with van der Waals surface area (Å²) in [6, 6.07) is 67.7. The molecule has 0 saturated heterocycles. The lowest BCUT2D eigenvalue weighted by Crippen LogP contribution is -2.26. The second kappa shape index (κ2) is 16.1. The molecule has 0 nitrogen and oxygen atoms in total. The molecule has 0 aliphatic rings. The Morgan fingerprint density at radius 1 is 0.295 bits per heavy atom. The first-order chi connectivity index (χ1) is 21.9. The number of hydrogen-bond acceptors (Lipinski definition) is 0. The van der Waals surface area contributed by atoms with E-state index in [0.717, 1.165) is 0 Å². The average Bonchev–Trinajstić information content (AvgIpc) is 3.11. The van der Waals surface area contributed by atoms with Gasteiger partial charge < -0.3 is 0 Å². The van der Waals surface area contributed by atoms with Crippen molar-refractivity contribution in [2.45, 2.75) is 18.5 Å². The Hall–Kier alpha value is -3.39. The highest BCUT2D eigenvalue weighted by molar-refractivity contribution is 7.75. The van der Waals surface area contributed by atoms with Crippen molar-refractivity contribution < 1.29 is 0 Å². The van der Waals surface area contributed by atoms with Gasteiger partial charge in [-0.25, -0.2) is 0 Å². The van der Waals surface area contributed by atoms with Crippen molar-refractivity contribution in [1.29, 1.82) is 0 Å². The Labute approximate surface area is 267 Å². The van der Waals surface area contributed by atoms with Gasteiger partial charge in [0.1, 0.15) is 0 Å². The van der Waals surface area contributed by atoms with E-state index in [1.54, 1.807) is 0 Å². The molecule has 3 heteroatoms. The van der Waals surface area contributed by atoms with E-state index in [1.807, 2.05) is 0 Å². The number of hydrogen-bond donors (Lipinski definition) is 0. The van der Waals surface area contributed by atoms with Gasteiger partial charge in [0.05, 0.1) is 0 Å². The standard InChI is InChI=1S/C41H39P3/c1-7-19-35(20-8-1)42(36-21-9-2-10-22-36)33-31-41(44(39-27-15-5-16-28-39)40-29-17-6-18-30-40)32-34-43(37-23-11-3-12-24-37)38-25-13-4-14-26-38/h1-30,41H,31-34H2. The van der Waals surface area contributed by atoms with Crippen LogP contribution in [0.5, 0.6) is 0 Å². The molecule has 0 spiro atoms. The van der Waals surface area contributed by atoms with Crippen LogP contribution in [-0.2, 0) is 0 Å². The molecule has 0 fully saturated rings. The van der Waals surface area contributed by atoms with Crippen LogP contribution in [-0.4, -0.2) is 18.0 Å². The largest absolute Gasteiger partial charge is 0.0622 e. The first kappa shape index (κ1) is 30.6. The fraction of sp³-hybridized carbons (Fsp3) is 0.122. The summed E-state index contributed by atoms with van der Waals surface area (Å²) in [5, 5.41) is 8.90. The van der Waals surface area contributed by atoms with Gasteiger partial charge in [-0.2, -0.15) is 0 Å². The Kier molecular flexibility index (Phi) is 11.2. The molecule has 218 valence electrons. The van der Waals surface area contributed by atoms with Crippen LogP contribution in [0.15, 0.2) is 182 Å². The summed E-state index contributed by atoms with van der Waals surface area (Å²) in [7, 11) is -1.42. The second-order valence-corrected chi connectivity index (χ2v) is 18.1. The zero-order valence-corrected chi connectivity index (χ0v) is 27.8. The van der Waals surface area contributed by atoms with Crippen molar-refractivity contribution in [3.63, 3.8) is 0 Å². The molecule has 0 bridgehead atoms. The summed E-state index contributed by atoms with van der Waals surface area (Å²) in [4.78, 5) is 0. The maximum absolute atomic E-state index is 2.38. The smallest absolute Gasteiger partial charge is 0.0122 e. The van der Waals surface area contributed by atoms with Crippen LogP contribution in [0.2, 0.25) is 0 Å². The van der Waals surface area contributed by atoms with Gasteiger partial charge in [-0.1, -0.05) is 182 Å². The maximum atomic E-state index is 2.38. The zero-order valence-electron chi connectivity index (χ0n) is 25.1. The van der Waals surface area contributed by atoms with Crippen molar-refractivity contribution in [1.82, 2.24) is 0 Å². The minimum atomic E-state index is -0.530. The SMILES string of the molecule is c1ccc(P(CCC(CCP(c2ccccc2)c2ccccc2)P(c2ccccc2)c2ccccc2)c2ccccc2)cc1. The average molecular weight is 625 g/mol. The summed E-state index contributed by atoms with van der Waals surface area (Å²) in [6.45, 7) is 0. The number of benzene rings is 6. The van der Waals surface area contributed by atoms with Crippen LogP contribution in [0.4, 0.5) is 0 Å². The van der Waals surface area contributed by atoms with E-state index >= 15 is 0 Å². The molecule has 6 aromatic carbocycles. The lowest BCUT2D eigenvalue weighted by molar-refractivity contribution is 0.796. The topological polar surface area (TPSA) is 0 Å². The Morgan fingerprint density at radius 2 is 0.523 bits per heavy atom. The van der Waals surface area contributed by atoms with E-state index in [2.05, 4.69) is 182 Å². The lowest BCUT2D eigenvalue weighted by atomic mass is 10.3. The summed E-state index contributed by atoms with van der Waals surface area (Å²) >= 11 is 0. The minimum absolute atomic E-state index is 0.444. The highest BCUT2D eigenvalue weighted by Crippen LogP contribution is 2.48. The second-order valence-electron chi connectivity index (χ2n) is 10.9. The fourth-order valence-electron chi connectivity index (χ4n) is 5.95. The van der Waals surface area contributed by atoms with Crippen molar-refractivity contribution in [2.75, 3.05) is 12.3 Å². The van der Waals surface area contributed by atoms with Gasteiger partial charge in [0.15, 0.2) is 0 Å². The Balaban J connectivity index is 1.37. The van der Waals surface area contributed by atoms with Crippen molar-refractivity contribution in [2.24, 2.45) is 0 Å². The molecule has 0 aliphatic heterocycles. The van der Waals surface area contributed by atoms with Crippen molar-refractivity contribution >= 4 is 55.6 Å². The molecule has 0 N–H and O–H groups in total. The Morgan fingerprint density at radius 3 is 0.773 bits per heavy atom. The van der Waals surface area contributed by atoms with Crippen LogP contribution in [0.1, 0.15) is 12.8 Å². The molecular formula is C41H39P3. The van der Waals surface area contributed by atoms with E-state index in [-0.39, 0.29) is 0 Å². The summed E-state index contributed by atoms with van der Waals surface area (Å²) in [5.41, 5.74) is 0.574. The quantitative estimate of drug-likeness (QED) is 0.113. The third-order valence-corrected chi connectivity index (χ3v) is 16.1. The van der Waals surface area contributed by atoms with Gasteiger partial charge >= 0.3 is 0 Å². The summed E-state index contributed by atoms with van der Waals surface area (Å²) < 4.78 is 0. The zero-order chi connectivity index (χ0) is 29.8. The third kappa shape index (κ3) is 8.00. The van der Waals surface area contributed by atoms with Crippen molar-refractivity contribution in [3.05, 3.63) is 182 Å². The maximum Gasteiger partial charge on any atom is -0.0122 e. The fourth-order valence-corrected chi connectivity index (χ4v) is 14.2. The summed E-state index contributed by atoms with van der Waals surface area (Å²) in [5.74, 6) is 0. The van der Waals surface area contributed by atoms with Crippen LogP contribution >= 0.6 is 23.8 Å². The minimum Gasteiger partial charge on any atom is -0.0622 e. The number of rotatable bonds is 13. The molecule has 6 rings (SSSR count). The van der Waals surface area contributed by atoms with Crippen LogP contribution in [0.3, 0.4) is 0 Å². The highest BCUT2D eigenvalue weighted by Gasteiger charge is 2.28. The monoisotopic (exact) mass is 624 g/mol. The van der Waals surface area contributed by atoms with Gasteiger partial charge in [0.2, 0.25) is 0 Å². The van der Waals surface area contributed by atoms with Crippen molar-refractivity contribution in [3.8, 4) is 0 Å². The van der Waals surface area contributed by atoms with E-state index in [1.165, 1.54) is 57.0 Å². The predicted octanol–water partition coefficient (Wildman–Crippen LogP) is 8.53. The molecule has 0 aromatic heterocycles. The van der Waals surface area contributed by atoms with Gasteiger partial charge in [0.25, 0.3) is 0 Å². The molecule has 0 atom stereocenters. The van der Waals surface area contributed by atoms with E-state index in [0.29, 0.717) is 5.66 Å². The van der Waals surface area contributed by atoms with E-state index < -0.39 is 23.8 Å². The van der Waals surface area contributed by atoms with E-state index in [4.69, 9.17) is 0 Å². The lowest BCUT2D eigenvalue weighted by Gasteiger charge is -2.32. The molecule has 6 aromatic rings. The van der Waals surface area contributed by atoms with Crippen LogP contribution in [0, 0.1) is 0 Å². The molecular weight excluding hydrogens is 585 g/mol.